The van der Waals surface area contributed by atoms with Crippen molar-refractivity contribution in [2.24, 2.45) is 0 Å². The van der Waals surface area contributed by atoms with E-state index in [0.717, 1.165) is 25.7 Å². The number of nitrogens with one attached hydrogen (secondary N) is 3. The Morgan fingerprint density at radius 2 is 1.93 bits per heavy atom. The minimum atomic E-state index is -0.818. The molecule has 0 aromatic carbocycles. The monoisotopic (exact) mass is 399 g/mol. The van der Waals surface area contributed by atoms with E-state index in [2.05, 4.69) is 16.0 Å². The highest BCUT2D eigenvalue weighted by molar-refractivity contribution is 5.76. The van der Waals surface area contributed by atoms with Crippen molar-refractivity contribution in [2.45, 2.75) is 81.5 Å². The van der Waals surface area contributed by atoms with Gasteiger partial charge >= 0.3 is 6.03 Å². The largest absolute Gasteiger partial charge is 0.388 e. The van der Waals surface area contributed by atoms with E-state index in [0.29, 0.717) is 19.6 Å². The van der Waals surface area contributed by atoms with Gasteiger partial charge in [-0.25, -0.2) is 4.79 Å². The molecule has 2 aliphatic heterocycles. The highest BCUT2D eigenvalue weighted by Gasteiger charge is 2.50. The van der Waals surface area contributed by atoms with Gasteiger partial charge in [-0.05, 0) is 12.8 Å². The second kappa shape index (κ2) is 10.4. The van der Waals surface area contributed by atoms with Crippen molar-refractivity contribution >= 4 is 11.9 Å². The molecule has 9 nitrogen and oxygen atoms in total. The van der Waals surface area contributed by atoms with Crippen molar-refractivity contribution in [3.63, 3.8) is 0 Å². The van der Waals surface area contributed by atoms with Gasteiger partial charge in [-0.15, -0.1) is 0 Å². The van der Waals surface area contributed by atoms with Gasteiger partial charge in [0.25, 0.3) is 0 Å². The third-order valence-corrected chi connectivity index (χ3v) is 5.72. The Bertz CT molecular complexity index is 528. The number of ether oxygens (including phenoxy) is 3. The number of fused-ring (bicyclic) bond motifs is 1. The lowest BCUT2D eigenvalue weighted by atomic mass is 9.96. The summed E-state index contributed by atoms with van der Waals surface area (Å²) in [5, 5.41) is 19.0. The van der Waals surface area contributed by atoms with E-state index in [1.54, 1.807) is 7.11 Å². The summed E-state index contributed by atoms with van der Waals surface area (Å²) in [7, 11) is 1.58. The number of amides is 3. The number of hydrogen-bond acceptors (Lipinski definition) is 6. The Hall–Kier alpha value is -1.42. The molecule has 0 bridgehead atoms. The molecule has 5 atom stereocenters. The normalized spacial score (nSPS) is 32.7. The van der Waals surface area contributed by atoms with Crippen LogP contribution in [0.5, 0.6) is 0 Å². The number of aliphatic hydroxyl groups excluding tert-OH is 1. The van der Waals surface area contributed by atoms with E-state index in [9.17, 15) is 14.7 Å². The van der Waals surface area contributed by atoms with Gasteiger partial charge in [-0.2, -0.15) is 0 Å². The molecule has 160 valence electrons. The van der Waals surface area contributed by atoms with E-state index >= 15 is 0 Å². The van der Waals surface area contributed by atoms with Crippen molar-refractivity contribution in [2.75, 3.05) is 26.8 Å². The summed E-state index contributed by atoms with van der Waals surface area (Å²) in [4.78, 5) is 23.9. The van der Waals surface area contributed by atoms with Gasteiger partial charge in [0.05, 0.1) is 25.2 Å². The minimum absolute atomic E-state index is 0.103. The van der Waals surface area contributed by atoms with Gasteiger partial charge in [0.2, 0.25) is 5.91 Å². The van der Waals surface area contributed by atoms with Gasteiger partial charge in [-0.1, -0.05) is 19.3 Å². The first-order valence-corrected chi connectivity index (χ1v) is 10.4. The van der Waals surface area contributed by atoms with E-state index < -0.39 is 18.3 Å². The highest BCUT2D eigenvalue weighted by atomic mass is 16.6. The Morgan fingerprint density at radius 1 is 1.14 bits per heavy atom. The Balaban J connectivity index is 1.35. The summed E-state index contributed by atoms with van der Waals surface area (Å²) in [5.74, 6) is -0.103. The molecule has 0 aromatic rings. The van der Waals surface area contributed by atoms with Crippen molar-refractivity contribution in [3.05, 3.63) is 0 Å². The molecule has 3 rings (SSSR count). The fourth-order valence-electron chi connectivity index (χ4n) is 4.26. The fourth-order valence-corrected chi connectivity index (χ4v) is 4.26. The van der Waals surface area contributed by atoms with Crippen LogP contribution in [0.3, 0.4) is 0 Å². The second-order valence-electron chi connectivity index (χ2n) is 7.90. The van der Waals surface area contributed by atoms with Crippen LogP contribution in [0.15, 0.2) is 0 Å². The first-order valence-electron chi connectivity index (χ1n) is 10.4. The van der Waals surface area contributed by atoms with Gasteiger partial charge < -0.3 is 35.3 Å². The second-order valence-corrected chi connectivity index (χ2v) is 7.90. The average Bonchev–Trinajstić information content (AvgIpc) is 3.19. The molecule has 0 unspecified atom stereocenters. The van der Waals surface area contributed by atoms with E-state index in [-0.39, 0.29) is 43.2 Å². The number of aliphatic hydroxyl groups is 1. The lowest BCUT2D eigenvalue weighted by Gasteiger charge is -2.24. The van der Waals surface area contributed by atoms with Gasteiger partial charge in [0, 0.05) is 32.7 Å². The molecule has 2 heterocycles. The Labute approximate surface area is 165 Å². The Morgan fingerprint density at radius 3 is 2.64 bits per heavy atom. The van der Waals surface area contributed by atoms with Crippen LogP contribution in [0.1, 0.15) is 44.9 Å². The highest BCUT2D eigenvalue weighted by Crippen LogP contribution is 2.35. The van der Waals surface area contributed by atoms with Crippen molar-refractivity contribution in [1.29, 1.82) is 0 Å². The number of urea groups is 1. The maximum Gasteiger partial charge on any atom is 0.315 e. The zero-order valence-corrected chi connectivity index (χ0v) is 16.5. The van der Waals surface area contributed by atoms with Crippen LogP contribution in [0, 0.1) is 0 Å². The first kappa shape index (κ1) is 21.3. The molecule has 2 saturated heterocycles. The van der Waals surface area contributed by atoms with Crippen molar-refractivity contribution < 1.29 is 28.9 Å². The SMILES string of the molecule is COCCNC(=O)C[C@@H]1C[C@H]2O[C@H](CNC(=O)NC3CCCCC3)[C@@H](O)[C@H]2O1. The number of carbonyl (C=O) groups is 2. The minimum Gasteiger partial charge on any atom is -0.388 e. The summed E-state index contributed by atoms with van der Waals surface area (Å²) in [6.45, 7) is 1.16. The number of hydrogen-bond donors (Lipinski definition) is 4. The Kier molecular flexibility index (Phi) is 7.90. The molecule has 3 amide bonds. The maximum atomic E-state index is 12.1. The topological polar surface area (TPSA) is 118 Å². The molecular formula is C19H33N3O6. The molecule has 3 aliphatic rings. The fraction of sp³-hybridized carbons (Fsp3) is 0.895. The summed E-state index contributed by atoms with van der Waals surface area (Å²) in [6, 6.07) is 0.0213. The van der Waals surface area contributed by atoms with Crippen LogP contribution in [0.4, 0.5) is 4.79 Å². The summed E-state index contributed by atoms with van der Waals surface area (Å²) in [6.07, 6.45) is 4.10. The standard InChI is InChI=1S/C19H33N3O6/c1-26-8-7-20-16(23)10-13-9-14-18(27-13)17(24)15(28-14)11-21-19(25)22-12-5-3-2-4-6-12/h12-15,17-18,24H,2-11H2,1H3,(H,20,23)(H2,21,22,25)/t13-,14+,15+,17+,18-/m0/s1. The molecule has 0 radical (unpaired) electrons. The number of methoxy groups -OCH3 is 1. The van der Waals surface area contributed by atoms with Gasteiger partial charge in [-0.3, -0.25) is 4.79 Å². The molecular weight excluding hydrogens is 366 g/mol. The maximum absolute atomic E-state index is 12.1. The zero-order valence-electron chi connectivity index (χ0n) is 16.5. The molecule has 1 aliphatic carbocycles. The number of rotatable bonds is 8. The summed E-state index contributed by atoms with van der Waals surface area (Å²) in [5.41, 5.74) is 0. The third-order valence-electron chi connectivity index (χ3n) is 5.72. The van der Waals surface area contributed by atoms with Crippen LogP contribution < -0.4 is 16.0 Å². The zero-order chi connectivity index (χ0) is 19.9. The predicted molar refractivity (Wildman–Crippen MR) is 101 cm³/mol. The molecule has 0 aromatic heterocycles. The lowest BCUT2D eigenvalue weighted by Crippen LogP contribution is -2.47. The van der Waals surface area contributed by atoms with Crippen molar-refractivity contribution in [3.8, 4) is 0 Å². The van der Waals surface area contributed by atoms with Crippen LogP contribution >= 0.6 is 0 Å². The molecule has 4 N–H and O–H groups in total. The van der Waals surface area contributed by atoms with Gasteiger partial charge in [0.1, 0.15) is 18.3 Å². The third kappa shape index (κ3) is 5.79. The molecule has 9 heteroatoms. The lowest BCUT2D eigenvalue weighted by molar-refractivity contribution is -0.124. The summed E-state index contributed by atoms with van der Waals surface area (Å²) < 4.78 is 16.6. The van der Waals surface area contributed by atoms with Crippen LogP contribution in [0.25, 0.3) is 0 Å². The van der Waals surface area contributed by atoms with E-state index in [1.807, 2.05) is 0 Å². The van der Waals surface area contributed by atoms with Crippen LogP contribution in [-0.2, 0) is 19.0 Å². The predicted octanol–water partition coefficient (Wildman–Crippen LogP) is 0.0568. The summed E-state index contributed by atoms with van der Waals surface area (Å²) >= 11 is 0. The first-order chi connectivity index (χ1) is 13.6. The molecule has 0 spiro atoms. The average molecular weight is 399 g/mol. The quantitative estimate of drug-likeness (QED) is 0.429. The molecule has 3 fully saturated rings. The van der Waals surface area contributed by atoms with Gasteiger partial charge in [0.15, 0.2) is 0 Å². The molecule has 1 saturated carbocycles. The smallest absolute Gasteiger partial charge is 0.315 e. The van der Waals surface area contributed by atoms with Crippen molar-refractivity contribution in [1.82, 2.24) is 16.0 Å². The van der Waals surface area contributed by atoms with E-state index in [1.165, 1.54) is 6.42 Å². The van der Waals surface area contributed by atoms with E-state index in [4.69, 9.17) is 14.2 Å². The molecule has 28 heavy (non-hydrogen) atoms. The number of carbonyl (C=O) groups excluding carboxylic acids is 2. The van der Waals surface area contributed by atoms with Crippen LogP contribution in [-0.4, -0.2) is 80.4 Å². The van der Waals surface area contributed by atoms with Crippen LogP contribution in [0.2, 0.25) is 0 Å².